The highest BCUT2D eigenvalue weighted by atomic mass is 35.5. The second kappa shape index (κ2) is 10.3. The molecule has 1 aromatic heterocycles. The van der Waals surface area contributed by atoms with Crippen LogP contribution in [0.25, 0.3) is 0 Å². The summed E-state index contributed by atoms with van der Waals surface area (Å²) in [5.41, 5.74) is 1.07. The van der Waals surface area contributed by atoms with Gasteiger partial charge >= 0.3 is 0 Å². The van der Waals surface area contributed by atoms with Gasteiger partial charge < -0.3 is 9.80 Å². The van der Waals surface area contributed by atoms with Crippen molar-refractivity contribution in [2.24, 2.45) is 0 Å². The molecule has 0 bridgehead atoms. The second-order valence-corrected chi connectivity index (χ2v) is 7.84. The van der Waals surface area contributed by atoms with Crippen LogP contribution in [0, 0.1) is 6.92 Å². The van der Waals surface area contributed by atoms with Gasteiger partial charge in [-0.15, -0.1) is 22.9 Å². The minimum Gasteiger partial charge on any atom is -0.332 e. The second-order valence-electron chi connectivity index (χ2n) is 6.20. The van der Waals surface area contributed by atoms with Crippen molar-refractivity contribution in [3.8, 4) is 0 Å². The lowest BCUT2D eigenvalue weighted by molar-refractivity contribution is -0.140. The maximum absolute atomic E-state index is 13.0. The first kappa shape index (κ1) is 20.5. The first-order valence-electron chi connectivity index (χ1n) is 8.74. The summed E-state index contributed by atoms with van der Waals surface area (Å²) in [5, 5.41) is 0. The van der Waals surface area contributed by atoms with Crippen LogP contribution in [0.15, 0.2) is 42.5 Å². The highest BCUT2D eigenvalue weighted by Gasteiger charge is 2.21. The van der Waals surface area contributed by atoms with Crippen molar-refractivity contribution in [1.29, 1.82) is 0 Å². The summed E-state index contributed by atoms with van der Waals surface area (Å²) in [7, 11) is 0. The predicted molar refractivity (Wildman–Crippen MR) is 107 cm³/mol. The van der Waals surface area contributed by atoms with Crippen molar-refractivity contribution in [1.82, 2.24) is 9.80 Å². The van der Waals surface area contributed by atoms with E-state index < -0.39 is 0 Å². The number of benzene rings is 1. The monoisotopic (exact) mass is 392 g/mol. The van der Waals surface area contributed by atoms with Crippen LogP contribution in [0.4, 0.5) is 0 Å². The number of rotatable bonds is 9. The molecule has 4 nitrogen and oxygen atoms in total. The standard InChI is InChI=1S/C20H25ClN2O2S/c1-3-11-22(19(24)12-21)15-20(25)23(13-17-7-5-4-6-8-17)14-18-10-9-16(2)26-18/h4-10H,3,11-15H2,1-2H3. The molecule has 0 saturated heterocycles. The summed E-state index contributed by atoms with van der Waals surface area (Å²) >= 11 is 7.38. The van der Waals surface area contributed by atoms with Crippen LogP contribution >= 0.6 is 22.9 Å². The number of hydrogen-bond acceptors (Lipinski definition) is 3. The number of thiophene rings is 1. The van der Waals surface area contributed by atoms with Crippen LogP contribution in [0.1, 0.15) is 28.7 Å². The van der Waals surface area contributed by atoms with Crippen molar-refractivity contribution in [3.63, 3.8) is 0 Å². The fraction of sp³-hybridized carbons (Fsp3) is 0.400. The zero-order valence-electron chi connectivity index (χ0n) is 15.3. The lowest BCUT2D eigenvalue weighted by Crippen LogP contribution is -2.43. The number of alkyl halides is 1. The van der Waals surface area contributed by atoms with E-state index in [0.717, 1.165) is 16.9 Å². The maximum Gasteiger partial charge on any atom is 0.242 e. The van der Waals surface area contributed by atoms with Gasteiger partial charge in [0.25, 0.3) is 0 Å². The number of aryl methyl sites for hydroxylation is 1. The van der Waals surface area contributed by atoms with E-state index in [9.17, 15) is 9.59 Å². The van der Waals surface area contributed by atoms with Crippen molar-refractivity contribution < 1.29 is 9.59 Å². The molecule has 1 aromatic carbocycles. The third-order valence-corrected chi connectivity index (χ3v) is 5.21. The molecule has 1 heterocycles. The van der Waals surface area contributed by atoms with E-state index in [1.54, 1.807) is 16.2 Å². The minimum atomic E-state index is -0.200. The molecule has 0 saturated carbocycles. The van der Waals surface area contributed by atoms with Gasteiger partial charge in [0.1, 0.15) is 5.88 Å². The molecular formula is C20H25ClN2O2S. The topological polar surface area (TPSA) is 40.6 Å². The van der Waals surface area contributed by atoms with Crippen LogP contribution in [0.5, 0.6) is 0 Å². The molecule has 0 aliphatic heterocycles. The van der Waals surface area contributed by atoms with Crippen LogP contribution in [0.2, 0.25) is 0 Å². The number of hydrogen-bond donors (Lipinski definition) is 0. The van der Waals surface area contributed by atoms with Crippen LogP contribution in [0.3, 0.4) is 0 Å². The van der Waals surface area contributed by atoms with Gasteiger partial charge in [-0.2, -0.15) is 0 Å². The molecule has 0 atom stereocenters. The SMILES string of the molecule is CCCN(CC(=O)N(Cc1ccccc1)Cc1ccc(C)s1)C(=O)CCl. The zero-order chi connectivity index (χ0) is 18.9. The Morgan fingerprint density at radius 3 is 2.31 bits per heavy atom. The Bertz CT molecular complexity index is 718. The molecule has 0 fully saturated rings. The van der Waals surface area contributed by atoms with Gasteiger partial charge in [0.15, 0.2) is 0 Å². The third kappa shape index (κ3) is 6.15. The lowest BCUT2D eigenvalue weighted by Gasteiger charge is -2.27. The van der Waals surface area contributed by atoms with Gasteiger partial charge in [0.2, 0.25) is 11.8 Å². The van der Waals surface area contributed by atoms with Crippen molar-refractivity contribution >= 4 is 34.8 Å². The van der Waals surface area contributed by atoms with Crippen molar-refractivity contribution in [2.45, 2.75) is 33.4 Å². The molecule has 140 valence electrons. The molecule has 2 amide bonds. The Balaban J connectivity index is 2.15. The normalized spacial score (nSPS) is 10.6. The largest absolute Gasteiger partial charge is 0.332 e. The van der Waals surface area contributed by atoms with Crippen LogP contribution in [-0.2, 0) is 22.7 Å². The van der Waals surface area contributed by atoms with Crippen LogP contribution < -0.4 is 0 Å². The number of halogens is 1. The van der Waals surface area contributed by atoms with E-state index in [1.165, 1.54) is 4.88 Å². The number of amides is 2. The van der Waals surface area contributed by atoms with Crippen molar-refractivity contribution in [3.05, 3.63) is 57.8 Å². The van der Waals surface area contributed by atoms with Gasteiger partial charge in [-0.3, -0.25) is 9.59 Å². The van der Waals surface area contributed by atoms with E-state index in [0.29, 0.717) is 19.6 Å². The number of carbonyl (C=O) groups is 2. The summed E-state index contributed by atoms with van der Waals surface area (Å²) in [4.78, 5) is 30.7. The first-order chi connectivity index (χ1) is 12.5. The highest BCUT2D eigenvalue weighted by Crippen LogP contribution is 2.19. The van der Waals surface area contributed by atoms with E-state index in [4.69, 9.17) is 11.6 Å². The molecule has 2 aromatic rings. The summed E-state index contributed by atoms with van der Waals surface area (Å²) < 4.78 is 0. The number of carbonyl (C=O) groups excluding carboxylic acids is 2. The van der Waals surface area contributed by atoms with Crippen molar-refractivity contribution in [2.75, 3.05) is 19.0 Å². The van der Waals surface area contributed by atoms with Crippen LogP contribution in [-0.4, -0.2) is 40.6 Å². The van der Waals surface area contributed by atoms with Gasteiger partial charge in [-0.25, -0.2) is 0 Å². The average Bonchev–Trinajstić information content (AvgIpc) is 3.05. The predicted octanol–water partition coefficient (Wildman–Crippen LogP) is 4.06. The molecular weight excluding hydrogens is 368 g/mol. The minimum absolute atomic E-state index is 0.0631. The highest BCUT2D eigenvalue weighted by molar-refractivity contribution is 7.11. The average molecular weight is 393 g/mol. The smallest absolute Gasteiger partial charge is 0.242 e. The van der Waals surface area contributed by atoms with E-state index in [2.05, 4.69) is 19.1 Å². The molecule has 6 heteroatoms. The third-order valence-electron chi connectivity index (χ3n) is 4.00. The Hall–Kier alpha value is -1.85. The fourth-order valence-electron chi connectivity index (χ4n) is 2.70. The summed E-state index contributed by atoms with van der Waals surface area (Å²) in [5.74, 6) is -0.365. The lowest BCUT2D eigenvalue weighted by atomic mass is 10.2. The first-order valence-corrected chi connectivity index (χ1v) is 10.1. The summed E-state index contributed by atoms with van der Waals surface area (Å²) in [6.45, 7) is 5.70. The van der Waals surface area contributed by atoms with E-state index in [-0.39, 0.29) is 24.2 Å². The van der Waals surface area contributed by atoms with Gasteiger partial charge in [-0.1, -0.05) is 37.3 Å². The molecule has 0 aliphatic carbocycles. The van der Waals surface area contributed by atoms with E-state index >= 15 is 0 Å². The number of nitrogens with zero attached hydrogens (tertiary/aromatic N) is 2. The van der Waals surface area contributed by atoms with E-state index in [1.807, 2.05) is 42.2 Å². The zero-order valence-corrected chi connectivity index (χ0v) is 16.9. The molecule has 0 radical (unpaired) electrons. The Labute approximate surface area is 164 Å². The molecule has 0 N–H and O–H groups in total. The maximum atomic E-state index is 13.0. The Morgan fingerprint density at radius 1 is 1.00 bits per heavy atom. The molecule has 2 rings (SSSR count). The quantitative estimate of drug-likeness (QED) is 0.604. The van der Waals surface area contributed by atoms with Gasteiger partial charge in [0.05, 0.1) is 13.1 Å². The molecule has 26 heavy (non-hydrogen) atoms. The van der Waals surface area contributed by atoms with Gasteiger partial charge in [-0.05, 0) is 31.0 Å². The molecule has 0 spiro atoms. The summed E-state index contributed by atoms with van der Waals surface area (Å²) in [6, 6.07) is 14.0. The fourth-order valence-corrected chi connectivity index (χ4v) is 3.78. The molecule has 0 unspecified atom stereocenters. The Morgan fingerprint density at radius 2 is 1.73 bits per heavy atom. The Kier molecular flexibility index (Phi) is 8.13. The molecule has 0 aliphatic rings. The summed E-state index contributed by atoms with van der Waals surface area (Å²) in [6.07, 6.45) is 0.790. The van der Waals surface area contributed by atoms with Gasteiger partial charge in [0, 0.05) is 22.8 Å².